The Balaban J connectivity index is 1.61. The molecule has 39 heavy (non-hydrogen) atoms. The minimum absolute atomic E-state index is 0.0585. The summed E-state index contributed by atoms with van der Waals surface area (Å²) >= 11 is 0. The zero-order chi connectivity index (χ0) is 27.8. The third-order valence-corrected chi connectivity index (χ3v) is 7.05. The van der Waals surface area contributed by atoms with Gasteiger partial charge in [-0.3, -0.25) is 18.8 Å². The van der Waals surface area contributed by atoms with Crippen LogP contribution in [0.5, 0.6) is 5.88 Å². The van der Waals surface area contributed by atoms with Gasteiger partial charge >= 0.3 is 0 Å². The minimum Gasteiger partial charge on any atom is -0.494 e. The molecule has 3 heterocycles. The van der Waals surface area contributed by atoms with E-state index in [0.717, 1.165) is 18.2 Å². The Morgan fingerprint density at radius 2 is 1.85 bits per heavy atom. The highest BCUT2D eigenvalue weighted by Crippen LogP contribution is 2.35. The van der Waals surface area contributed by atoms with Crippen molar-refractivity contribution in [3.63, 3.8) is 0 Å². The van der Waals surface area contributed by atoms with Gasteiger partial charge in [0, 0.05) is 38.3 Å². The van der Waals surface area contributed by atoms with Gasteiger partial charge in [-0.15, -0.1) is 0 Å². The predicted molar refractivity (Wildman–Crippen MR) is 137 cm³/mol. The van der Waals surface area contributed by atoms with Crippen LogP contribution in [0.25, 0.3) is 11.5 Å². The van der Waals surface area contributed by atoms with Gasteiger partial charge in [0.15, 0.2) is 11.4 Å². The summed E-state index contributed by atoms with van der Waals surface area (Å²) in [6.45, 7) is 2.12. The second-order valence-electron chi connectivity index (χ2n) is 9.57. The molecule has 0 bridgehead atoms. The normalized spacial score (nSPS) is 16.0. The monoisotopic (exact) mass is 537 g/mol. The van der Waals surface area contributed by atoms with E-state index in [2.05, 4.69) is 10.1 Å². The molecule has 1 saturated heterocycles. The largest absolute Gasteiger partial charge is 0.494 e. The highest BCUT2D eigenvalue weighted by atomic mass is 19.1. The molecule has 1 amide bonds. The topological polar surface area (TPSA) is 93.2 Å². The summed E-state index contributed by atoms with van der Waals surface area (Å²) in [5.74, 6) is -3.79. The Kier molecular flexibility index (Phi) is 6.98. The van der Waals surface area contributed by atoms with Crippen molar-refractivity contribution >= 4 is 5.91 Å². The number of carbonyl (C=O) groups is 1. The van der Waals surface area contributed by atoms with Gasteiger partial charge in [-0.2, -0.15) is 10.1 Å². The highest BCUT2D eigenvalue weighted by Gasteiger charge is 2.35. The summed E-state index contributed by atoms with van der Waals surface area (Å²) < 4.78 is 45.4. The van der Waals surface area contributed by atoms with Crippen LogP contribution in [-0.4, -0.2) is 48.3 Å². The maximum absolute atomic E-state index is 14.4. The summed E-state index contributed by atoms with van der Waals surface area (Å²) in [4.78, 5) is 32.3. The van der Waals surface area contributed by atoms with E-state index in [4.69, 9.17) is 0 Å². The quantitative estimate of drug-likeness (QED) is 0.394. The highest BCUT2D eigenvalue weighted by molar-refractivity contribution is 5.96. The number of carbonyl (C=O) groups excluding carboxylic acids is 1. The number of nitrogens with zero attached hydrogens (tertiary/aromatic N) is 5. The average molecular weight is 538 g/mol. The molecule has 2 atom stereocenters. The first-order valence-electron chi connectivity index (χ1n) is 12.5. The van der Waals surface area contributed by atoms with Crippen LogP contribution >= 0.6 is 0 Å². The van der Waals surface area contributed by atoms with E-state index >= 15 is 0 Å². The first-order valence-corrected chi connectivity index (χ1v) is 12.5. The van der Waals surface area contributed by atoms with Gasteiger partial charge < -0.3 is 10.0 Å². The van der Waals surface area contributed by atoms with Gasteiger partial charge in [0.1, 0.15) is 23.1 Å². The van der Waals surface area contributed by atoms with Crippen LogP contribution in [0.1, 0.15) is 53.2 Å². The number of likely N-dealkylation sites (tertiary alicyclic amines) is 1. The summed E-state index contributed by atoms with van der Waals surface area (Å²) in [7, 11) is 1.66. The van der Waals surface area contributed by atoms with E-state index in [-0.39, 0.29) is 48.3 Å². The van der Waals surface area contributed by atoms with E-state index in [9.17, 15) is 27.9 Å². The lowest BCUT2D eigenvalue weighted by Gasteiger charge is -2.25. The molecule has 1 N–H and O–H groups in total. The molecule has 11 heteroatoms. The van der Waals surface area contributed by atoms with Gasteiger partial charge in [0.2, 0.25) is 5.88 Å². The molecule has 2 aromatic carbocycles. The van der Waals surface area contributed by atoms with Crippen LogP contribution in [0, 0.1) is 17.5 Å². The fourth-order valence-corrected chi connectivity index (χ4v) is 5.22. The Bertz CT molecular complexity index is 1600. The first kappa shape index (κ1) is 26.2. The van der Waals surface area contributed by atoms with Gasteiger partial charge in [-0.1, -0.05) is 25.1 Å². The lowest BCUT2D eigenvalue weighted by Crippen LogP contribution is -2.35. The van der Waals surface area contributed by atoms with Gasteiger partial charge in [0.25, 0.3) is 11.5 Å². The molecule has 8 nitrogen and oxygen atoms in total. The van der Waals surface area contributed by atoms with Crippen LogP contribution in [0.4, 0.5) is 13.2 Å². The summed E-state index contributed by atoms with van der Waals surface area (Å²) in [5, 5.41) is 15.7. The molecule has 1 fully saturated rings. The molecule has 0 saturated carbocycles. The zero-order valence-electron chi connectivity index (χ0n) is 21.3. The average Bonchev–Trinajstić information content (AvgIpc) is 3.55. The molecule has 4 aromatic rings. The molecule has 202 valence electrons. The molecule has 0 radical (unpaired) electrons. The maximum Gasteiger partial charge on any atom is 0.290 e. The van der Waals surface area contributed by atoms with Crippen molar-refractivity contribution in [1.29, 1.82) is 0 Å². The Labute approximate surface area is 222 Å². The Hall–Kier alpha value is -4.41. The predicted octanol–water partition coefficient (Wildman–Crippen LogP) is 4.40. The fraction of sp³-hybridized carbons (Fsp3) is 0.286. The number of benzene rings is 2. The van der Waals surface area contributed by atoms with Crippen molar-refractivity contribution in [3.05, 3.63) is 99.2 Å². The molecule has 0 spiro atoms. The maximum atomic E-state index is 14.4. The van der Waals surface area contributed by atoms with Crippen molar-refractivity contribution in [2.24, 2.45) is 7.05 Å². The van der Waals surface area contributed by atoms with Crippen molar-refractivity contribution < 1.29 is 23.1 Å². The lowest BCUT2D eigenvalue weighted by molar-refractivity contribution is 0.0783. The lowest BCUT2D eigenvalue weighted by atomic mass is 9.98. The molecular weight excluding hydrogens is 511 g/mol. The van der Waals surface area contributed by atoms with E-state index in [1.165, 1.54) is 20.2 Å². The first-order chi connectivity index (χ1) is 18.7. The van der Waals surface area contributed by atoms with Gasteiger partial charge in [-0.05, 0) is 48.2 Å². The van der Waals surface area contributed by atoms with E-state index in [0.29, 0.717) is 12.0 Å². The van der Waals surface area contributed by atoms with Crippen molar-refractivity contribution in [1.82, 2.24) is 24.2 Å². The number of aromatic hydroxyl groups is 1. The number of aryl methyl sites for hydroxylation is 1. The van der Waals surface area contributed by atoms with Crippen molar-refractivity contribution in [2.45, 2.75) is 31.7 Å². The minimum atomic E-state index is -0.968. The number of hydrogen-bond donors (Lipinski definition) is 1. The number of halogens is 3. The smallest absolute Gasteiger partial charge is 0.290 e. The molecule has 2 unspecified atom stereocenters. The number of amides is 1. The second-order valence-corrected chi connectivity index (χ2v) is 9.57. The van der Waals surface area contributed by atoms with Gasteiger partial charge in [0.05, 0.1) is 6.04 Å². The Morgan fingerprint density at radius 1 is 1.13 bits per heavy atom. The second kappa shape index (κ2) is 10.4. The van der Waals surface area contributed by atoms with Crippen LogP contribution in [0.2, 0.25) is 0 Å². The standard InChI is InChI=1S/C28H26F3N5O3/c1-3-23(17-12-18(29)14-19(30)13-17)36-25(22-9-10-34(2)33-22)32-26(37)24(28(36)39)27(38)35-11-8-16(15-35)20-6-4-5-7-21(20)31/h4-7,9-10,12-14,16,23,39H,3,8,11,15H2,1-2H3. The van der Waals surface area contributed by atoms with Crippen LogP contribution < -0.4 is 5.56 Å². The molecular formula is C28H26F3N5O3. The fourth-order valence-electron chi connectivity index (χ4n) is 5.22. The van der Waals surface area contributed by atoms with Crippen molar-refractivity contribution in [2.75, 3.05) is 13.1 Å². The van der Waals surface area contributed by atoms with Gasteiger partial charge in [-0.25, -0.2) is 13.2 Å². The van der Waals surface area contributed by atoms with Crippen molar-refractivity contribution in [3.8, 4) is 17.4 Å². The Morgan fingerprint density at radius 3 is 2.49 bits per heavy atom. The van der Waals surface area contributed by atoms with E-state index < -0.39 is 40.6 Å². The zero-order valence-corrected chi connectivity index (χ0v) is 21.3. The molecule has 1 aliphatic heterocycles. The third kappa shape index (κ3) is 4.91. The number of rotatable bonds is 6. The van der Waals surface area contributed by atoms with Crippen LogP contribution in [0.15, 0.2) is 59.5 Å². The molecule has 1 aliphatic rings. The number of aromatic nitrogens is 4. The summed E-state index contributed by atoms with van der Waals surface area (Å²) in [5.41, 5.74) is -0.674. The number of hydrogen-bond acceptors (Lipinski definition) is 5. The van der Waals surface area contributed by atoms with Crippen LogP contribution in [0.3, 0.4) is 0 Å². The summed E-state index contributed by atoms with van der Waals surface area (Å²) in [6, 6.07) is 9.96. The molecule has 0 aliphatic carbocycles. The molecule has 2 aromatic heterocycles. The van der Waals surface area contributed by atoms with E-state index in [1.807, 2.05) is 0 Å². The van der Waals surface area contributed by atoms with Crippen LogP contribution in [-0.2, 0) is 7.05 Å². The van der Waals surface area contributed by atoms with E-state index in [1.54, 1.807) is 44.4 Å². The summed E-state index contributed by atoms with van der Waals surface area (Å²) in [6.07, 6.45) is 2.31. The SMILES string of the molecule is CCC(c1cc(F)cc(F)c1)n1c(-c2ccn(C)n2)nc(=O)c(C(=O)N2CCC(c3ccccc3F)C2)c1O. The molecule has 5 rings (SSSR count). The third-order valence-electron chi connectivity index (χ3n) is 7.05.